The summed E-state index contributed by atoms with van der Waals surface area (Å²) in [4.78, 5) is 21.9. The molecular weight excluding hydrogens is 196 g/mol. The van der Waals surface area contributed by atoms with Crippen LogP contribution in [-0.4, -0.2) is 22.2 Å². The standard InChI is InChI=1S/C11H10O4/c12-9(13)8-6-11(8,10(14)15)7-4-2-1-3-5-7/h1-5,8H,6H2,(H,12,13)(H,14,15)/t8-,11-/m0/s1. The fourth-order valence-electron chi connectivity index (χ4n) is 1.98. The summed E-state index contributed by atoms with van der Waals surface area (Å²) in [6.07, 6.45) is 0.182. The summed E-state index contributed by atoms with van der Waals surface area (Å²) < 4.78 is 0. The van der Waals surface area contributed by atoms with Crippen molar-refractivity contribution >= 4 is 11.9 Å². The minimum Gasteiger partial charge on any atom is -0.481 e. The van der Waals surface area contributed by atoms with Gasteiger partial charge in [0.25, 0.3) is 0 Å². The van der Waals surface area contributed by atoms with E-state index in [1.165, 1.54) is 0 Å². The third-order valence-corrected chi connectivity index (χ3v) is 2.93. The van der Waals surface area contributed by atoms with Crippen LogP contribution < -0.4 is 0 Å². The van der Waals surface area contributed by atoms with Gasteiger partial charge in [0.15, 0.2) is 0 Å². The van der Waals surface area contributed by atoms with E-state index in [-0.39, 0.29) is 6.42 Å². The van der Waals surface area contributed by atoms with Crippen molar-refractivity contribution in [2.24, 2.45) is 5.92 Å². The van der Waals surface area contributed by atoms with Crippen molar-refractivity contribution in [3.63, 3.8) is 0 Å². The molecule has 0 aromatic heterocycles. The van der Waals surface area contributed by atoms with Crippen molar-refractivity contribution in [1.82, 2.24) is 0 Å². The van der Waals surface area contributed by atoms with Crippen LogP contribution in [0.4, 0.5) is 0 Å². The van der Waals surface area contributed by atoms with Gasteiger partial charge in [-0.2, -0.15) is 0 Å². The lowest BCUT2D eigenvalue weighted by molar-refractivity contribution is -0.145. The predicted molar refractivity (Wildman–Crippen MR) is 51.5 cm³/mol. The van der Waals surface area contributed by atoms with E-state index < -0.39 is 23.3 Å². The Kier molecular flexibility index (Phi) is 2.00. The van der Waals surface area contributed by atoms with E-state index in [0.717, 1.165) is 0 Å². The molecule has 0 heterocycles. The maximum absolute atomic E-state index is 11.1. The van der Waals surface area contributed by atoms with Crippen LogP contribution in [0.5, 0.6) is 0 Å². The third kappa shape index (κ3) is 1.29. The molecule has 1 aromatic rings. The van der Waals surface area contributed by atoms with Gasteiger partial charge in [-0.05, 0) is 12.0 Å². The molecule has 78 valence electrons. The van der Waals surface area contributed by atoms with E-state index in [9.17, 15) is 9.59 Å². The van der Waals surface area contributed by atoms with Gasteiger partial charge in [0.2, 0.25) is 0 Å². The summed E-state index contributed by atoms with van der Waals surface area (Å²) in [6.45, 7) is 0. The highest BCUT2D eigenvalue weighted by molar-refractivity contribution is 5.94. The number of rotatable bonds is 3. The van der Waals surface area contributed by atoms with Crippen LogP contribution in [0.1, 0.15) is 12.0 Å². The highest BCUT2D eigenvalue weighted by Gasteiger charge is 2.65. The van der Waals surface area contributed by atoms with Crippen LogP contribution >= 0.6 is 0 Å². The fourth-order valence-corrected chi connectivity index (χ4v) is 1.98. The molecule has 4 heteroatoms. The number of carboxylic acids is 2. The third-order valence-electron chi connectivity index (χ3n) is 2.93. The van der Waals surface area contributed by atoms with Gasteiger partial charge < -0.3 is 10.2 Å². The van der Waals surface area contributed by atoms with Gasteiger partial charge in [-0.1, -0.05) is 30.3 Å². The second-order valence-electron chi connectivity index (χ2n) is 3.74. The fraction of sp³-hybridized carbons (Fsp3) is 0.273. The Hall–Kier alpha value is -1.84. The van der Waals surface area contributed by atoms with Crippen molar-refractivity contribution in [2.45, 2.75) is 11.8 Å². The Morgan fingerprint density at radius 2 is 1.80 bits per heavy atom. The number of carbonyl (C=O) groups is 2. The minimum absolute atomic E-state index is 0.182. The average Bonchev–Trinajstić information content (AvgIpc) is 2.95. The maximum atomic E-state index is 11.1. The molecule has 0 unspecified atom stereocenters. The SMILES string of the molecule is O=C(O)[C@@H]1C[C@]1(C(=O)O)c1ccccc1. The lowest BCUT2D eigenvalue weighted by Crippen LogP contribution is -2.25. The average molecular weight is 206 g/mol. The molecule has 1 aliphatic carbocycles. The summed E-state index contributed by atoms with van der Waals surface area (Å²) in [6, 6.07) is 8.54. The van der Waals surface area contributed by atoms with E-state index in [1.54, 1.807) is 30.3 Å². The molecule has 2 atom stereocenters. The van der Waals surface area contributed by atoms with E-state index in [0.29, 0.717) is 5.56 Å². The highest BCUT2D eigenvalue weighted by Crippen LogP contribution is 2.54. The van der Waals surface area contributed by atoms with E-state index in [1.807, 2.05) is 0 Å². The summed E-state index contributed by atoms with van der Waals surface area (Å²) in [5, 5.41) is 17.9. The number of carboxylic acid groups (broad SMARTS) is 2. The first kappa shape index (κ1) is 9.71. The summed E-state index contributed by atoms with van der Waals surface area (Å²) in [7, 11) is 0. The molecule has 2 N–H and O–H groups in total. The van der Waals surface area contributed by atoms with Crippen LogP contribution in [0.25, 0.3) is 0 Å². The summed E-state index contributed by atoms with van der Waals surface area (Å²) in [5.74, 6) is -2.89. The lowest BCUT2D eigenvalue weighted by Gasteiger charge is -2.10. The van der Waals surface area contributed by atoms with Crippen molar-refractivity contribution in [3.8, 4) is 0 Å². The zero-order chi connectivity index (χ0) is 11.1. The van der Waals surface area contributed by atoms with Gasteiger partial charge in [-0.3, -0.25) is 9.59 Å². The summed E-state index contributed by atoms with van der Waals surface area (Å²) >= 11 is 0. The number of hydrogen-bond donors (Lipinski definition) is 2. The molecule has 1 aromatic carbocycles. The van der Waals surface area contributed by atoms with Crippen molar-refractivity contribution in [2.75, 3.05) is 0 Å². The molecule has 1 saturated carbocycles. The Morgan fingerprint density at radius 3 is 2.20 bits per heavy atom. The molecule has 0 amide bonds. The van der Waals surface area contributed by atoms with E-state index in [2.05, 4.69) is 0 Å². The first-order valence-electron chi connectivity index (χ1n) is 4.61. The van der Waals surface area contributed by atoms with Crippen LogP contribution in [-0.2, 0) is 15.0 Å². The maximum Gasteiger partial charge on any atom is 0.315 e. The summed E-state index contributed by atoms with van der Waals surface area (Å²) in [5.41, 5.74) is -0.627. The molecular formula is C11H10O4. The van der Waals surface area contributed by atoms with Gasteiger partial charge in [0.05, 0.1) is 5.92 Å². The quantitative estimate of drug-likeness (QED) is 0.776. The zero-order valence-corrected chi connectivity index (χ0v) is 7.88. The van der Waals surface area contributed by atoms with E-state index >= 15 is 0 Å². The second-order valence-corrected chi connectivity index (χ2v) is 3.74. The molecule has 1 fully saturated rings. The van der Waals surface area contributed by atoms with Gasteiger partial charge in [-0.15, -0.1) is 0 Å². The molecule has 0 bridgehead atoms. The van der Waals surface area contributed by atoms with Crippen LogP contribution in [0, 0.1) is 5.92 Å². The molecule has 2 rings (SSSR count). The second kappa shape index (κ2) is 3.08. The van der Waals surface area contributed by atoms with Crippen molar-refractivity contribution < 1.29 is 19.8 Å². The Balaban J connectivity index is 2.40. The first-order valence-corrected chi connectivity index (χ1v) is 4.61. The topological polar surface area (TPSA) is 74.6 Å². The number of aliphatic carboxylic acids is 2. The molecule has 0 aliphatic heterocycles. The molecule has 0 spiro atoms. The van der Waals surface area contributed by atoms with Crippen LogP contribution in [0.15, 0.2) is 30.3 Å². The smallest absolute Gasteiger partial charge is 0.315 e. The normalized spacial score (nSPS) is 28.4. The van der Waals surface area contributed by atoms with Crippen LogP contribution in [0.2, 0.25) is 0 Å². The molecule has 1 aliphatic rings. The zero-order valence-electron chi connectivity index (χ0n) is 7.88. The van der Waals surface area contributed by atoms with Crippen molar-refractivity contribution in [1.29, 1.82) is 0 Å². The molecule has 0 saturated heterocycles. The van der Waals surface area contributed by atoms with Crippen LogP contribution in [0.3, 0.4) is 0 Å². The monoisotopic (exact) mass is 206 g/mol. The molecule has 0 radical (unpaired) electrons. The predicted octanol–water partition coefficient (Wildman–Crippen LogP) is 1.11. The molecule has 15 heavy (non-hydrogen) atoms. The number of hydrogen-bond acceptors (Lipinski definition) is 2. The van der Waals surface area contributed by atoms with Gasteiger partial charge in [0.1, 0.15) is 5.41 Å². The molecule has 4 nitrogen and oxygen atoms in total. The lowest BCUT2D eigenvalue weighted by atomic mass is 9.93. The van der Waals surface area contributed by atoms with Crippen molar-refractivity contribution in [3.05, 3.63) is 35.9 Å². The Labute approximate surface area is 86.2 Å². The highest BCUT2D eigenvalue weighted by atomic mass is 16.4. The minimum atomic E-state index is -1.20. The van der Waals surface area contributed by atoms with E-state index in [4.69, 9.17) is 10.2 Å². The Morgan fingerprint density at radius 1 is 1.20 bits per heavy atom. The van der Waals surface area contributed by atoms with Gasteiger partial charge >= 0.3 is 11.9 Å². The first-order chi connectivity index (χ1) is 7.09. The van der Waals surface area contributed by atoms with Gasteiger partial charge in [-0.25, -0.2) is 0 Å². The van der Waals surface area contributed by atoms with Gasteiger partial charge in [0, 0.05) is 0 Å². The largest absolute Gasteiger partial charge is 0.481 e. The number of benzene rings is 1. The Bertz CT molecular complexity index is 412.